The molecule has 1 unspecified atom stereocenters. The molecule has 1 atom stereocenters. The average molecular weight is 441 g/mol. The molecule has 14 nitrogen and oxygen atoms in total. The fraction of sp³-hybridized carbons (Fsp3) is 0.353. The zero-order valence-electron chi connectivity index (χ0n) is 16.8. The van der Waals surface area contributed by atoms with Gasteiger partial charge in [0.1, 0.15) is 11.4 Å². The summed E-state index contributed by atoms with van der Waals surface area (Å²) in [7, 11) is -1.40. The van der Waals surface area contributed by atoms with Crippen LogP contribution < -0.4 is 15.7 Å². The number of hydrogen-bond acceptors (Lipinski definition) is 10. The van der Waals surface area contributed by atoms with E-state index in [4.69, 9.17) is 10.4 Å². The van der Waals surface area contributed by atoms with Gasteiger partial charge in [0, 0.05) is 6.54 Å². The Kier molecular flexibility index (Phi) is 6.09. The van der Waals surface area contributed by atoms with Gasteiger partial charge >= 0.3 is 13.1 Å². The van der Waals surface area contributed by atoms with E-state index in [2.05, 4.69) is 31.2 Å². The summed E-state index contributed by atoms with van der Waals surface area (Å²) in [6.45, 7) is 1.18. The van der Waals surface area contributed by atoms with E-state index in [1.54, 1.807) is 23.0 Å². The molecule has 166 valence electrons. The van der Waals surface area contributed by atoms with E-state index in [9.17, 15) is 19.7 Å². The first-order valence-electron chi connectivity index (χ1n) is 9.78. The molecule has 4 rings (SSSR count). The second-order valence-corrected chi connectivity index (χ2v) is 7.18. The molecule has 1 aromatic carbocycles. The zero-order valence-corrected chi connectivity index (χ0v) is 16.8. The largest absolute Gasteiger partial charge is 0.547 e. The summed E-state index contributed by atoms with van der Waals surface area (Å²) in [5.41, 5.74) is 6.63. The molecular weight excluding hydrogens is 421 g/mol. The first-order chi connectivity index (χ1) is 15.4. The van der Waals surface area contributed by atoms with E-state index in [1.807, 2.05) is 0 Å². The Morgan fingerprint density at radius 2 is 2.16 bits per heavy atom. The zero-order chi connectivity index (χ0) is 22.7. The van der Waals surface area contributed by atoms with Crippen LogP contribution in [0.25, 0.3) is 0 Å². The van der Waals surface area contributed by atoms with Crippen molar-refractivity contribution in [1.82, 2.24) is 40.5 Å². The van der Waals surface area contributed by atoms with Gasteiger partial charge in [-0.25, -0.2) is 9.48 Å². The summed E-state index contributed by atoms with van der Waals surface area (Å²) in [5.74, 6) is -1.95. The topological polar surface area (TPSA) is 196 Å². The summed E-state index contributed by atoms with van der Waals surface area (Å²) in [6.07, 6.45) is 1.78. The van der Waals surface area contributed by atoms with Gasteiger partial charge in [-0.2, -0.15) is 0 Å². The van der Waals surface area contributed by atoms with Crippen LogP contribution in [-0.2, 0) is 30.7 Å². The highest BCUT2D eigenvalue weighted by atomic mass is 16.5. The lowest BCUT2D eigenvalue weighted by Crippen LogP contribution is -2.53. The van der Waals surface area contributed by atoms with Crippen molar-refractivity contribution in [3.63, 3.8) is 0 Å². The third-order valence-electron chi connectivity index (χ3n) is 4.88. The predicted octanol–water partition coefficient (Wildman–Crippen LogP) is -2.35. The summed E-state index contributed by atoms with van der Waals surface area (Å²) < 4.78 is 8.42. The van der Waals surface area contributed by atoms with E-state index < -0.39 is 24.9 Å². The highest BCUT2D eigenvalue weighted by molar-refractivity contribution is 6.47. The van der Waals surface area contributed by atoms with E-state index in [0.717, 1.165) is 0 Å². The number of carbonyl (C=O) groups is 2. The third-order valence-corrected chi connectivity index (χ3v) is 4.88. The van der Waals surface area contributed by atoms with E-state index in [0.29, 0.717) is 30.2 Å². The normalized spacial score (nSPS) is 15.2. The van der Waals surface area contributed by atoms with Crippen molar-refractivity contribution in [2.45, 2.75) is 31.9 Å². The maximum absolute atomic E-state index is 12.6. The van der Waals surface area contributed by atoms with Gasteiger partial charge in [0.05, 0.1) is 37.2 Å². The quantitative estimate of drug-likeness (QED) is 0.273. The Morgan fingerprint density at radius 1 is 1.31 bits per heavy atom. The maximum Gasteiger partial charge on any atom is 0.547 e. The number of carbonyl (C=O) groups excluding carboxylic acids is 1. The lowest BCUT2D eigenvalue weighted by Gasteiger charge is -2.28. The van der Waals surface area contributed by atoms with Gasteiger partial charge in [-0.05, 0) is 28.5 Å². The number of fused-ring (bicyclic) bond motifs is 1. The Morgan fingerprint density at radius 3 is 2.94 bits per heavy atom. The molecule has 0 saturated heterocycles. The fourth-order valence-corrected chi connectivity index (χ4v) is 3.40. The van der Waals surface area contributed by atoms with Gasteiger partial charge in [-0.3, -0.25) is 9.48 Å². The molecule has 1 aliphatic heterocycles. The fourth-order valence-electron chi connectivity index (χ4n) is 3.40. The van der Waals surface area contributed by atoms with Crippen LogP contribution >= 0.6 is 0 Å². The third kappa shape index (κ3) is 4.57. The number of carboxylic acid groups (broad SMARTS) is 1. The van der Waals surface area contributed by atoms with Gasteiger partial charge in [-0.1, -0.05) is 17.3 Å². The van der Waals surface area contributed by atoms with E-state index in [-0.39, 0.29) is 30.7 Å². The Balaban J connectivity index is 1.40. The van der Waals surface area contributed by atoms with Crippen LogP contribution in [0.2, 0.25) is 0 Å². The van der Waals surface area contributed by atoms with Crippen molar-refractivity contribution in [3.05, 3.63) is 47.0 Å². The molecule has 5 N–H and O–H groups in total. The Labute approximate surface area is 181 Å². The highest BCUT2D eigenvalue weighted by Gasteiger charge is 2.37. The van der Waals surface area contributed by atoms with Crippen LogP contribution in [0.5, 0.6) is 5.75 Å². The molecule has 1 amide bonds. The summed E-state index contributed by atoms with van der Waals surface area (Å²) in [4.78, 5) is 23.9. The van der Waals surface area contributed by atoms with Crippen LogP contribution in [0.15, 0.2) is 24.4 Å². The standard InChI is InChI=1S/C17H20BN9O5/c19-4-5-26-8-11(21-24-26)9-27-14(22-23-25-27)7-15(28)20-13-6-10-2-1-3-12(17(29)30)16(10)32-18(13)31/h1-3,8,13,31H,4-7,9,19H2,(H,20,28)(H,29,30). The second-order valence-electron chi connectivity index (χ2n) is 7.18. The molecule has 0 fully saturated rings. The van der Waals surface area contributed by atoms with Crippen LogP contribution in [0.4, 0.5) is 0 Å². The van der Waals surface area contributed by atoms with E-state index in [1.165, 1.54) is 10.7 Å². The molecular formula is C17H20BN9O5. The Bertz CT molecular complexity index is 1130. The monoisotopic (exact) mass is 441 g/mol. The molecule has 0 radical (unpaired) electrons. The molecule has 0 aliphatic carbocycles. The van der Waals surface area contributed by atoms with Crippen molar-refractivity contribution >= 4 is 19.0 Å². The van der Waals surface area contributed by atoms with Crippen molar-refractivity contribution in [1.29, 1.82) is 0 Å². The lowest BCUT2D eigenvalue weighted by molar-refractivity contribution is -0.121. The minimum atomic E-state index is -1.40. The van der Waals surface area contributed by atoms with Crippen LogP contribution in [0, 0.1) is 0 Å². The minimum absolute atomic E-state index is 0.0473. The predicted molar refractivity (Wildman–Crippen MR) is 107 cm³/mol. The number of amides is 1. The van der Waals surface area contributed by atoms with Gasteiger partial charge in [-0.15, -0.1) is 10.2 Å². The number of benzene rings is 1. The van der Waals surface area contributed by atoms with Crippen LogP contribution in [-0.4, -0.2) is 76.8 Å². The number of aromatic carboxylic acids is 1. The number of tetrazole rings is 1. The number of rotatable bonds is 8. The van der Waals surface area contributed by atoms with Gasteiger partial charge in [0.25, 0.3) is 0 Å². The molecule has 0 spiro atoms. The molecule has 0 saturated carbocycles. The summed E-state index contributed by atoms with van der Waals surface area (Å²) >= 11 is 0. The van der Waals surface area contributed by atoms with Crippen molar-refractivity contribution < 1.29 is 24.4 Å². The molecule has 0 bridgehead atoms. The van der Waals surface area contributed by atoms with E-state index >= 15 is 0 Å². The number of nitrogens with two attached hydrogens (primary N) is 1. The van der Waals surface area contributed by atoms with Crippen molar-refractivity contribution in [2.24, 2.45) is 5.73 Å². The highest BCUT2D eigenvalue weighted by Crippen LogP contribution is 2.30. The first-order valence-corrected chi connectivity index (χ1v) is 9.78. The summed E-state index contributed by atoms with van der Waals surface area (Å²) in [5, 5.41) is 41.6. The smallest absolute Gasteiger partial charge is 0.534 e. The number of para-hydroxylation sites is 1. The number of hydrogen-bond donors (Lipinski definition) is 4. The molecule has 2 aromatic heterocycles. The SMILES string of the molecule is NCCn1cc(Cn2nnnc2CC(=O)NC2Cc3cccc(C(=O)O)c3OB2O)nn1. The maximum atomic E-state index is 12.6. The average Bonchev–Trinajstić information content (AvgIpc) is 3.38. The number of aromatic nitrogens is 7. The molecule has 15 heteroatoms. The second kappa shape index (κ2) is 9.11. The lowest BCUT2D eigenvalue weighted by atomic mass is 9.72. The first kappa shape index (κ1) is 21.4. The molecule has 1 aliphatic rings. The van der Waals surface area contributed by atoms with Gasteiger partial charge < -0.3 is 25.8 Å². The molecule has 3 heterocycles. The number of carboxylic acids is 1. The molecule has 3 aromatic rings. The van der Waals surface area contributed by atoms with Gasteiger partial charge in [0.2, 0.25) is 5.91 Å². The van der Waals surface area contributed by atoms with Crippen molar-refractivity contribution in [2.75, 3.05) is 6.54 Å². The van der Waals surface area contributed by atoms with Crippen LogP contribution in [0.3, 0.4) is 0 Å². The summed E-state index contributed by atoms with van der Waals surface area (Å²) in [6, 6.07) is 4.66. The molecule has 32 heavy (non-hydrogen) atoms. The number of nitrogens with zero attached hydrogens (tertiary/aromatic N) is 7. The van der Waals surface area contributed by atoms with Crippen LogP contribution in [0.1, 0.15) is 27.4 Å². The van der Waals surface area contributed by atoms with Gasteiger partial charge in [0.15, 0.2) is 5.82 Å². The van der Waals surface area contributed by atoms with Crippen molar-refractivity contribution in [3.8, 4) is 5.75 Å². The Hall–Kier alpha value is -3.85. The number of nitrogens with one attached hydrogen (secondary N) is 1. The minimum Gasteiger partial charge on any atom is -0.534 e.